The van der Waals surface area contributed by atoms with Gasteiger partial charge in [0.15, 0.2) is 0 Å². The van der Waals surface area contributed by atoms with Crippen molar-refractivity contribution in [2.75, 3.05) is 17.3 Å². The largest absolute Gasteiger partial charge is 0.451 e. The lowest BCUT2D eigenvalue weighted by Crippen LogP contribution is -2.13. The maximum Gasteiger partial charge on any atom is 0.451 e. The van der Waals surface area contributed by atoms with Crippen molar-refractivity contribution in [3.8, 4) is 0 Å². The molecule has 9 heteroatoms. The third-order valence-electron chi connectivity index (χ3n) is 1.54. The van der Waals surface area contributed by atoms with Gasteiger partial charge in [0.2, 0.25) is 17.7 Å². The Labute approximate surface area is 93.2 Å². The molecule has 0 aromatic carbocycles. The van der Waals surface area contributed by atoms with Crippen molar-refractivity contribution >= 4 is 23.6 Å². The molecule has 1 rings (SSSR count). The van der Waals surface area contributed by atoms with Gasteiger partial charge in [0.25, 0.3) is 0 Å². The average Bonchev–Trinajstić information content (AvgIpc) is 2.62. The molecule has 0 bridgehead atoms. The minimum atomic E-state index is -4.59. The summed E-state index contributed by atoms with van der Waals surface area (Å²) < 4.78 is 36.3. The van der Waals surface area contributed by atoms with Crippen molar-refractivity contribution in [1.82, 2.24) is 15.2 Å². The normalized spacial score (nSPS) is 11.5. The van der Waals surface area contributed by atoms with E-state index in [-0.39, 0.29) is 12.4 Å². The first-order valence-corrected chi connectivity index (χ1v) is 5.61. The van der Waals surface area contributed by atoms with Gasteiger partial charge in [-0.05, 0) is 6.26 Å². The van der Waals surface area contributed by atoms with E-state index < -0.39 is 17.9 Å². The lowest BCUT2D eigenvalue weighted by atomic mass is 10.4. The Morgan fingerprint density at radius 1 is 1.56 bits per heavy atom. The summed E-state index contributed by atoms with van der Waals surface area (Å²) in [6.07, 6.45) is -2.56. The summed E-state index contributed by atoms with van der Waals surface area (Å²) >= 11 is 1.46. The summed E-state index contributed by atoms with van der Waals surface area (Å²) in [6.45, 7) is 0. The number of nitrogens with one attached hydrogen (secondary N) is 2. The number of alkyl halides is 3. The zero-order valence-corrected chi connectivity index (χ0v) is 9.08. The van der Waals surface area contributed by atoms with Gasteiger partial charge < -0.3 is 0 Å². The second-order valence-corrected chi connectivity index (χ2v) is 3.78. The number of carbonyl (C=O) groups excluding carboxylic acids is 1. The predicted octanol–water partition coefficient (Wildman–Crippen LogP) is 1.52. The zero-order chi connectivity index (χ0) is 12.2. The Bertz CT molecular complexity index is 365. The van der Waals surface area contributed by atoms with E-state index in [1.54, 1.807) is 5.10 Å². The number of anilines is 1. The third-order valence-corrected chi connectivity index (χ3v) is 2.15. The van der Waals surface area contributed by atoms with E-state index in [1.165, 1.54) is 11.8 Å². The number of carbonyl (C=O) groups is 1. The van der Waals surface area contributed by atoms with E-state index in [2.05, 4.69) is 15.4 Å². The number of hydrogen-bond acceptors (Lipinski definition) is 4. The van der Waals surface area contributed by atoms with Gasteiger partial charge in [-0.1, -0.05) is 0 Å². The van der Waals surface area contributed by atoms with E-state index in [4.69, 9.17) is 0 Å². The monoisotopic (exact) mass is 254 g/mol. The molecule has 0 fully saturated rings. The summed E-state index contributed by atoms with van der Waals surface area (Å²) in [7, 11) is 0. The van der Waals surface area contributed by atoms with Gasteiger partial charge in [0.1, 0.15) is 0 Å². The molecule has 0 aliphatic rings. The summed E-state index contributed by atoms with van der Waals surface area (Å²) in [4.78, 5) is 14.2. The van der Waals surface area contributed by atoms with E-state index in [1.807, 2.05) is 6.26 Å². The van der Waals surface area contributed by atoms with Crippen molar-refractivity contribution in [2.45, 2.75) is 12.6 Å². The van der Waals surface area contributed by atoms with Crippen LogP contribution in [0.2, 0.25) is 0 Å². The molecular weight excluding hydrogens is 245 g/mol. The van der Waals surface area contributed by atoms with Gasteiger partial charge in [-0.2, -0.15) is 29.9 Å². The van der Waals surface area contributed by atoms with Crippen LogP contribution in [0.25, 0.3) is 0 Å². The van der Waals surface area contributed by atoms with Crippen LogP contribution in [0.4, 0.5) is 19.1 Å². The highest BCUT2D eigenvalue weighted by atomic mass is 32.2. The molecule has 5 nitrogen and oxygen atoms in total. The first-order valence-electron chi connectivity index (χ1n) is 4.22. The van der Waals surface area contributed by atoms with Crippen LogP contribution in [0, 0.1) is 0 Å². The molecule has 0 unspecified atom stereocenters. The van der Waals surface area contributed by atoms with Crippen molar-refractivity contribution < 1.29 is 18.0 Å². The number of hydrogen-bond donors (Lipinski definition) is 2. The van der Waals surface area contributed by atoms with Crippen LogP contribution < -0.4 is 5.32 Å². The summed E-state index contributed by atoms with van der Waals surface area (Å²) in [6, 6.07) is 0. The first-order chi connectivity index (χ1) is 7.43. The molecule has 0 aliphatic heterocycles. The summed E-state index contributed by atoms with van der Waals surface area (Å²) in [5, 5.41) is 7.10. The van der Waals surface area contributed by atoms with Crippen LogP contribution in [-0.2, 0) is 11.0 Å². The molecule has 90 valence electrons. The number of rotatable bonds is 4. The highest BCUT2D eigenvalue weighted by Crippen LogP contribution is 2.26. The van der Waals surface area contributed by atoms with Gasteiger partial charge in [-0.25, -0.2) is 0 Å². The minimum absolute atomic E-state index is 0.205. The number of amides is 1. The predicted molar refractivity (Wildman–Crippen MR) is 53.0 cm³/mol. The van der Waals surface area contributed by atoms with Gasteiger partial charge in [0.05, 0.1) is 0 Å². The van der Waals surface area contributed by atoms with Crippen molar-refractivity contribution in [3.05, 3.63) is 5.82 Å². The third kappa shape index (κ3) is 3.72. The zero-order valence-electron chi connectivity index (χ0n) is 8.26. The van der Waals surface area contributed by atoms with Crippen LogP contribution in [0.5, 0.6) is 0 Å². The number of H-pyrrole nitrogens is 1. The smallest absolute Gasteiger partial charge is 0.293 e. The maximum absolute atomic E-state index is 12.1. The molecular formula is C7H9F3N4OS. The molecule has 1 amide bonds. The molecule has 0 saturated carbocycles. The highest BCUT2D eigenvalue weighted by Gasteiger charge is 2.35. The fourth-order valence-corrected chi connectivity index (χ4v) is 1.22. The number of nitrogens with zero attached hydrogens (tertiary/aromatic N) is 2. The number of thioether (sulfide) groups is 1. The quantitative estimate of drug-likeness (QED) is 0.854. The molecule has 0 aliphatic carbocycles. The van der Waals surface area contributed by atoms with Crippen molar-refractivity contribution in [2.24, 2.45) is 0 Å². The van der Waals surface area contributed by atoms with Crippen molar-refractivity contribution in [3.63, 3.8) is 0 Å². The lowest BCUT2D eigenvalue weighted by molar-refractivity contribution is -0.144. The topological polar surface area (TPSA) is 70.7 Å². The summed E-state index contributed by atoms with van der Waals surface area (Å²) in [5.41, 5.74) is 0. The summed E-state index contributed by atoms with van der Waals surface area (Å²) in [5.74, 6) is -1.42. The Hall–Kier alpha value is -1.25. The van der Waals surface area contributed by atoms with Gasteiger partial charge in [0, 0.05) is 12.2 Å². The molecule has 1 aromatic rings. The van der Waals surface area contributed by atoms with E-state index in [9.17, 15) is 18.0 Å². The molecule has 0 spiro atoms. The minimum Gasteiger partial charge on any atom is -0.293 e. The van der Waals surface area contributed by atoms with Crippen LogP contribution in [-0.4, -0.2) is 33.1 Å². The standard InChI is InChI=1S/C7H9F3N4OS/c1-16-3-2-4(15)11-6-12-5(13-14-6)7(8,9)10/h2-3H2,1H3,(H2,11,12,13,14,15). The SMILES string of the molecule is CSCCC(=O)Nc1n[nH]c(C(F)(F)F)n1. The van der Waals surface area contributed by atoms with Crippen molar-refractivity contribution in [1.29, 1.82) is 0 Å². The fraction of sp³-hybridized carbons (Fsp3) is 0.571. The Kier molecular flexibility index (Phi) is 4.16. The van der Waals surface area contributed by atoms with Gasteiger partial charge >= 0.3 is 6.18 Å². The number of halogens is 3. The molecule has 1 heterocycles. The second kappa shape index (κ2) is 5.19. The van der Waals surface area contributed by atoms with Crippen LogP contribution in [0.15, 0.2) is 0 Å². The van der Waals surface area contributed by atoms with Crippen LogP contribution >= 0.6 is 11.8 Å². The molecule has 0 saturated heterocycles. The molecule has 2 N–H and O–H groups in total. The fourth-order valence-electron chi connectivity index (χ4n) is 0.826. The molecule has 0 radical (unpaired) electrons. The molecule has 0 atom stereocenters. The lowest BCUT2D eigenvalue weighted by Gasteiger charge is -1.99. The Morgan fingerprint density at radius 2 is 2.25 bits per heavy atom. The van der Waals surface area contributed by atoms with E-state index in [0.29, 0.717) is 5.75 Å². The average molecular weight is 254 g/mol. The molecule has 1 aromatic heterocycles. The highest BCUT2D eigenvalue weighted by molar-refractivity contribution is 7.98. The van der Waals surface area contributed by atoms with Crippen LogP contribution in [0.3, 0.4) is 0 Å². The van der Waals surface area contributed by atoms with Crippen LogP contribution in [0.1, 0.15) is 12.2 Å². The molecule has 16 heavy (non-hydrogen) atoms. The van der Waals surface area contributed by atoms with E-state index >= 15 is 0 Å². The maximum atomic E-state index is 12.1. The number of aromatic nitrogens is 3. The van der Waals surface area contributed by atoms with Gasteiger partial charge in [-0.15, -0.1) is 5.10 Å². The van der Waals surface area contributed by atoms with E-state index in [0.717, 1.165) is 0 Å². The Balaban J connectivity index is 2.56. The number of aromatic amines is 1. The Morgan fingerprint density at radius 3 is 2.75 bits per heavy atom. The first kappa shape index (κ1) is 12.8. The van der Waals surface area contributed by atoms with Gasteiger partial charge in [-0.3, -0.25) is 15.2 Å². The second-order valence-electron chi connectivity index (χ2n) is 2.80.